The van der Waals surface area contributed by atoms with E-state index in [9.17, 15) is 0 Å². The smallest absolute Gasteiger partial charge is 0.0595 e. The maximum Gasteiger partial charge on any atom is 0.0595 e. The summed E-state index contributed by atoms with van der Waals surface area (Å²) in [4.78, 5) is 1.36. The number of benzene rings is 1. The van der Waals surface area contributed by atoms with E-state index in [2.05, 4.69) is 29.8 Å². The predicted octanol–water partition coefficient (Wildman–Crippen LogP) is 5.34. The third kappa shape index (κ3) is 4.22. The highest BCUT2D eigenvalue weighted by atomic mass is 35.5. The highest BCUT2D eigenvalue weighted by Crippen LogP contribution is 2.27. The monoisotopic (exact) mass is 313 g/mol. The molecule has 1 aromatic carbocycles. The molecule has 0 aliphatic heterocycles. The van der Waals surface area contributed by atoms with E-state index >= 15 is 0 Å². The Kier molecular flexibility index (Phi) is 5.71. The van der Waals surface area contributed by atoms with Gasteiger partial charge in [-0.15, -0.1) is 11.3 Å². The molecule has 2 rings (SSSR count). The van der Waals surface area contributed by atoms with Crippen molar-refractivity contribution >= 4 is 34.5 Å². The van der Waals surface area contributed by atoms with Gasteiger partial charge in [-0.25, -0.2) is 0 Å². The van der Waals surface area contributed by atoms with Gasteiger partial charge in [-0.2, -0.15) is 0 Å². The molecule has 1 nitrogen and oxygen atoms in total. The maximum atomic E-state index is 6.08. The van der Waals surface area contributed by atoms with Crippen LogP contribution in [-0.4, -0.2) is 6.54 Å². The van der Waals surface area contributed by atoms with Crippen molar-refractivity contribution in [3.05, 3.63) is 56.2 Å². The van der Waals surface area contributed by atoms with Gasteiger partial charge < -0.3 is 5.32 Å². The van der Waals surface area contributed by atoms with Crippen LogP contribution in [-0.2, 0) is 6.42 Å². The highest BCUT2D eigenvalue weighted by Gasteiger charge is 2.13. The van der Waals surface area contributed by atoms with Crippen LogP contribution in [0.3, 0.4) is 0 Å². The van der Waals surface area contributed by atoms with Gasteiger partial charge >= 0.3 is 0 Å². The van der Waals surface area contributed by atoms with E-state index in [0.29, 0.717) is 16.1 Å². The predicted molar refractivity (Wildman–Crippen MR) is 85.5 cm³/mol. The van der Waals surface area contributed by atoms with E-state index in [1.807, 2.05) is 18.2 Å². The molecule has 0 aliphatic rings. The van der Waals surface area contributed by atoms with E-state index in [1.54, 1.807) is 11.3 Å². The minimum absolute atomic E-state index is 0.345. The highest BCUT2D eigenvalue weighted by molar-refractivity contribution is 7.10. The van der Waals surface area contributed by atoms with Gasteiger partial charge in [0.1, 0.15) is 0 Å². The molecule has 4 heteroatoms. The van der Waals surface area contributed by atoms with Crippen molar-refractivity contribution in [3.8, 4) is 0 Å². The van der Waals surface area contributed by atoms with Crippen LogP contribution in [0.25, 0.3) is 0 Å². The van der Waals surface area contributed by atoms with Crippen LogP contribution in [0, 0.1) is 0 Å². The Bertz CT molecular complexity index is 511. The SMILES string of the molecule is CCCNC(Cc1ccc(Cl)c(Cl)c1)c1cccs1. The van der Waals surface area contributed by atoms with Crippen LogP contribution in [0.5, 0.6) is 0 Å². The summed E-state index contributed by atoms with van der Waals surface area (Å²) < 4.78 is 0. The van der Waals surface area contributed by atoms with E-state index in [1.165, 1.54) is 10.4 Å². The topological polar surface area (TPSA) is 12.0 Å². The van der Waals surface area contributed by atoms with Crippen LogP contribution in [0.4, 0.5) is 0 Å². The lowest BCUT2D eigenvalue weighted by molar-refractivity contribution is 0.536. The normalized spacial score (nSPS) is 12.6. The molecule has 1 aromatic heterocycles. The Morgan fingerprint density at radius 1 is 1.21 bits per heavy atom. The third-order valence-electron chi connectivity index (χ3n) is 2.95. The first-order chi connectivity index (χ1) is 9.20. The van der Waals surface area contributed by atoms with Crippen molar-refractivity contribution in [1.29, 1.82) is 0 Å². The second-order valence-corrected chi connectivity index (χ2v) is 6.27. The Morgan fingerprint density at radius 3 is 2.68 bits per heavy atom. The Morgan fingerprint density at radius 2 is 2.05 bits per heavy atom. The lowest BCUT2D eigenvalue weighted by atomic mass is 10.0. The minimum atomic E-state index is 0.345. The summed E-state index contributed by atoms with van der Waals surface area (Å²) in [6, 6.07) is 10.5. The van der Waals surface area contributed by atoms with Crippen LogP contribution in [0.2, 0.25) is 10.0 Å². The van der Waals surface area contributed by atoms with Crippen molar-refractivity contribution in [3.63, 3.8) is 0 Å². The molecule has 0 fully saturated rings. The molecule has 1 N–H and O–H groups in total. The zero-order valence-electron chi connectivity index (χ0n) is 10.8. The van der Waals surface area contributed by atoms with E-state index in [0.717, 1.165) is 19.4 Å². The van der Waals surface area contributed by atoms with Gasteiger partial charge in [0.2, 0.25) is 0 Å². The quantitative estimate of drug-likeness (QED) is 0.759. The Labute approximate surface area is 128 Å². The molecule has 1 unspecified atom stereocenters. The van der Waals surface area contributed by atoms with E-state index in [-0.39, 0.29) is 0 Å². The van der Waals surface area contributed by atoms with Crippen molar-refractivity contribution < 1.29 is 0 Å². The minimum Gasteiger partial charge on any atom is -0.309 e. The maximum absolute atomic E-state index is 6.08. The molecule has 0 amide bonds. The number of hydrogen-bond acceptors (Lipinski definition) is 2. The molecule has 0 aliphatic carbocycles. The average molecular weight is 314 g/mol. The fourth-order valence-corrected chi connectivity index (χ4v) is 3.11. The summed E-state index contributed by atoms with van der Waals surface area (Å²) in [7, 11) is 0. The van der Waals surface area contributed by atoms with Crippen LogP contribution in [0.15, 0.2) is 35.7 Å². The van der Waals surface area contributed by atoms with Crippen molar-refractivity contribution in [2.24, 2.45) is 0 Å². The van der Waals surface area contributed by atoms with Crippen LogP contribution < -0.4 is 5.32 Å². The van der Waals surface area contributed by atoms with E-state index < -0.39 is 0 Å². The molecular formula is C15H17Cl2NS. The lowest BCUT2D eigenvalue weighted by Gasteiger charge is -2.17. The molecule has 102 valence electrons. The average Bonchev–Trinajstić information content (AvgIpc) is 2.92. The standard InChI is InChI=1S/C15H17Cl2NS/c1-2-7-18-14(15-4-3-8-19-15)10-11-5-6-12(16)13(17)9-11/h3-6,8-9,14,18H,2,7,10H2,1H3. The summed E-state index contributed by atoms with van der Waals surface area (Å²) >= 11 is 13.8. The summed E-state index contributed by atoms with van der Waals surface area (Å²) in [5.74, 6) is 0. The largest absolute Gasteiger partial charge is 0.309 e. The number of hydrogen-bond donors (Lipinski definition) is 1. The second-order valence-electron chi connectivity index (χ2n) is 4.47. The summed E-state index contributed by atoms with van der Waals surface area (Å²) in [6.45, 7) is 3.20. The molecule has 0 bridgehead atoms. The number of nitrogens with one attached hydrogen (secondary N) is 1. The molecule has 0 saturated carbocycles. The zero-order chi connectivity index (χ0) is 13.7. The van der Waals surface area contributed by atoms with Crippen LogP contribution in [0.1, 0.15) is 29.8 Å². The van der Waals surface area contributed by atoms with Crippen molar-refractivity contribution in [1.82, 2.24) is 5.32 Å². The molecule has 0 radical (unpaired) electrons. The van der Waals surface area contributed by atoms with Crippen molar-refractivity contribution in [2.75, 3.05) is 6.54 Å². The second kappa shape index (κ2) is 7.30. The first-order valence-corrected chi connectivity index (χ1v) is 8.05. The third-order valence-corrected chi connectivity index (χ3v) is 4.68. The Hall–Kier alpha value is -0.540. The number of halogens is 2. The van der Waals surface area contributed by atoms with Gasteiger partial charge in [0.05, 0.1) is 10.0 Å². The van der Waals surface area contributed by atoms with Crippen molar-refractivity contribution in [2.45, 2.75) is 25.8 Å². The van der Waals surface area contributed by atoms with Crippen LogP contribution >= 0.6 is 34.5 Å². The molecular weight excluding hydrogens is 297 g/mol. The zero-order valence-corrected chi connectivity index (χ0v) is 13.2. The van der Waals surface area contributed by atoms with E-state index in [4.69, 9.17) is 23.2 Å². The number of rotatable bonds is 6. The molecule has 1 atom stereocenters. The van der Waals surface area contributed by atoms with Gasteiger partial charge in [0.25, 0.3) is 0 Å². The molecule has 0 spiro atoms. The van der Waals surface area contributed by atoms with Gasteiger partial charge in [-0.3, -0.25) is 0 Å². The Balaban J connectivity index is 2.13. The fourth-order valence-electron chi connectivity index (χ4n) is 1.98. The molecule has 2 aromatic rings. The fraction of sp³-hybridized carbons (Fsp3) is 0.333. The lowest BCUT2D eigenvalue weighted by Crippen LogP contribution is -2.23. The molecule has 19 heavy (non-hydrogen) atoms. The first kappa shape index (κ1) is 14.9. The molecule has 0 saturated heterocycles. The number of thiophene rings is 1. The van der Waals surface area contributed by atoms with Gasteiger partial charge in [-0.05, 0) is 48.5 Å². The molecule has 1 heterocycles. The summed E-state index contributed by atoms with van der Waals surface area (Å²) in [6.07, 6.45) is 2.06. The summed E-state index contributed by atoms with van der Waals surface area (Å²) in [5, 5.41) is 6.94. The van der Waals surface area contributed by atoms with Gasteiger partial charge in [-0.1, -0.05) is 42.3 Å². The van der Waals surface area contributed by atoms with Gasteiger partial charge in [0, 0.05) is 10.9 Å². The van der Waals surface area contributed by atoms with Gasteiger partial charge in [0.15, 0.2) is 0 Å². The first-order valence-electron chi connectivity index (χ1n) is 6.41. The summed E-state index contributed by atoms with van der Waals surface area (Å²) in [5.41, 5.74) is 1.21.